The predicted molar refractivity (Wildman–Crippen MR) is 112 cm³/mol. The third kappa shape index (κ3) is 3.36. The van der Waals surface area contributed by atoms with Gasteiger partial charge in [0.05, 0.1) is 23.0 Å². The van der Waals surface area contributed by atoms with Gasteiger partial charge in [-0.2, -0.15) is 9.78 Å². The summed E-state index contributed by atoms with van der Waals surface area (Å²) in [5, 5.41) is 8.18. The molecule has 1 N–H and O–H groups in total. The van der Waals surface area contributed by atoms with Crippen LogP contribution < -0.4 is 10.1 Å². The van der Waals surface area contributed by atoms with Crippen molar-refractivity contribution in [3.05, 3.63) is 64.8 Å². The van der Waals surface area contributed by atoms with Crippen molar-refractivity contribution in [2.24, 2.45) is 0 Å². The van der Waals surface area contributed by atoms with Gasteiger partial charge in [-0.05, 0) is 50.6 Å². The Bertz CT molecular complexity index is 1190. The molecule has 0 saturated heterocycles. The van der Waals surface area contributed by atoms with Crippen LogP contribution in [0.1, 0.15) is 27.2 Å². The summed E-state index contributed by atoms with van der Waals surface area (Å²) in [5.41, 5.74) is 4.37. The van der Waals surface area contributed by atoms with E-state index < -0.39 is 0 Å². The molecule has 0 unspecified atom stereocenters. The molecule has 1 amide bonds. The molecule has 28 heavy (non-hydrogen) atoms. The molecule has 7 heteroatoms. The highest BCUT2D eigenvalue weighted by atomic mass is 32.1. The molecular formula is C21H20N4O2S. The maximum atomic E-state index is 12.8. The Balaban J connectivity index is 1.70. The highest BCUT2D eigenvalue weighted by molar-refractivity contribution is 7.20. The van der Waals surface area contributed by atoms with Crippen molar-refractivity contribution in [1.82, 2.24) is 14.8 Å². The number of anilines is 1. The molecule has 0 radical (unpaired) electrons. The number of carbonyl (C=O) groups excluding carboxylic acids is 1. The van der Waals surface area contributed by atoms with E-state index in [2.05, 4.69) is 15.4 Å². The summed E-state index contributed by atoms with van der Waals surface area (Å²) in [6.45, 7) is 5.83. The van der Waals surface area contributed by atoms with E-state index in [-0.39, 0.29) is 5.91 Å². The van der Waals surface area contributed by atoms with Crippen LogP contribution in [0.4, 0.5) is 5.82 Å². The first-order chi connectivity index (χ1) is 13.4. The van der Waals surface area contributed by atoms with Gasteiger partial charge in [0, 0.05) is 11.6 Å². The smallest absolute Gasteiger partial charge is 0.257 e. The monoisotopic (exact) mass is 392 g/mol. The highest BCUT2D eigenvalue weighted by Gasteiger charge is 2.16. The summed E-state index contributed by atoms with van der Waals surface area (Å²) in [4.78, 5) is 17.5. The third-order valence-corrected chi connectivity index (χ3v) is 5.46. The number of hydrogen-bond acceptors (Lipinski definition) is 5. The van der Waals surface area contributed by atoms with E-state index in [0.29, 0.717) is 16.5 Å². The average molecular weight is 392 g/mol. The molecule has 0 bridgehead atoms. The summed E-state index contributed by atoms with van der Waals surface area (Å²) in [5.74, 6) is 1.21. The molecule has 4 aromatic rings. The first-order valence-corrected chi connectivity index (χ1v) is 9.66. The van der Waals surface area contributed by atoms with Crippen molar-refractivity contribution < 1.29 is 9.53 Å². The highest BCUT2D eigenvalue weighted by Crippen LogP contribution is 2.30. The van der Waals surface area contributed by atoms with Gasteiger partial charge in [-0.25, -0.2) is 4.98 Å². The Morgan fingerprint density at radius 1 is 1.11 bits per heavy atom. The topological polar surface area (TPSA) is 69.0 Å². The molecule has 0 saturated carbocycles. The van der Waals surface area contributed by atoms with Gasteiger partial charge in [0.1, 0.15) is 11.6 Å². The van der Waals surface area contributed by atoms with Crippen LogP contribution in [-0.2, 0) is 0 Å². The van der Waals surface area contributed by atoms with Crippen molar-refractivity contribution >= 4 is 33.3 Å². The minimum atomic E-state index is -0.165. The summed E-state index contributed by atoms with van der Waals surface area (Å²) in [6.07, 6.45) is 0. The van der Waals surface area contributed by atoms with Crippen molar-refractivity contribution in [3.63, 3.8) is 0 Å². The van der Waals surface area contributed by atoms with Crippen LogP contribution in [0.5, 0.6) is 5.75 Å². The number of methoxy groups -OCH3 is 1. The summed E-state index contributed by atoms with van der Waals surface area (Å²) < 4.78 is 7.95. The van der Waals surface area contributed by atoms with Gasteiger partial charge in [-0.1, -0.05) is 29.0 Å². The summed E-state index contributed by atoms with van der Waals surface area (Å²) in [7, 11) is 1.64. The molecule has 0 spiro atoms. The van der Waals surface area contributed by atoms with Crippen molar-refractivity contribution in [1.29, 1.82) is 0 Å². The lowest BCUT2D eigenvalue weighted by Gasteiger charge is -2.09. The number of rotatable bonds is 4. The fourth-order valence-electron chi connectivity index (χ4n) is 3.10. The van der Waals surface area contributed by atoms with Gasteiger partial charge in [-0.3, -0.25) is 4.79 Å². The minimum Gasteiger partial charge on any atom is -0.497 e. The molecule has 6 nitrogen and oxygen atoms in total. The Kier molecular flexibility index (Phi) is 4.60. The summed E-state index contributed by atoms with van der Waals surface area (Å²) >= 11 is 1.49. The van der Waals surface area contributed by atoms with Gasteiger partial charge in [-0.15, -0.1) is 0 Å². The van der Waals surface area contributed by atoms with Crippen LogP contribution in [0.15, 0.2) is 42.5 Å². The number of benzene rings is 2. The second kappa shape index (κ2) is 7.09. The lowest BCUT2D eigenvalue weighted by molar-refractivity contribution is 0.102. The number of nitrogens with one attached hydrogen (secondary N) is 1. The fraction of sp³-hybridized carbons (Fsp3) is 0.190. The first-order valence-electron chi connectivity index (χ1n) is 8.85. The van der Waals surface area contributed by atoms with Crippen molar-refractivity contribution in [3.8, 4) is 10.9 Å². The maximum absolute atomic E-state index is 12.8. The molecule has 0 aliphatic heterocycles. The van der Waals surface area contributed by atoms with Crippen LogP contribution >= 0.6 is 11.3 Å². The van der Waals surface area contributed by atoms with Gasteiger partial charge < -0.3 is 10.1 Å². The molecule has 0 atom stereocenters. The maximum Gasteiger partial charge on any atom is 0.257 e. The van der Waals surface area contributed by atoms with Crippen LogP contribution in [0, 0.1) is 20.8 Å². The lowest BCUT2D eigenvalue weighted by atomic mass is 10.1. The van der Waals surface area contributed by atoms with Gasteiger partial charge in [0.15, 0.2) is 0 Å². The number of ether oxygens (including phenoxy) is 1. The van der Waals surface area contributed by atoms with Gasteiger partial charge >= 0.3 is 0 Å². The number of fused-ring (bicyclic) bond motifs is 1. The van der Waals surface area contributed by atoms with E-state index >= 15 is 0 Å². The third-order valence-electron chi connectivity index (χ3n) is 4.47. The Labute approximate surface area is 166 Å². The molecule has 4 rings (SSSR count). The number of aromatic nitrogens is 3. The normalized spacial score (nSPS) is 11.0. The number of amides is 1. The second-order valence-corrected chi connectivity index (χ2v) is 7.69. The van der Waals surface area contributed by atoms with E-state index in [9.17, 15) is 4.79 Å². The molecule has 2 aromatic heterocycles. The van der Waals surface area contributed by atoms with Crippen LogP contribution in [0.2, 0.25) is 0 Å². The molecule has 0 aliphatic carbocycles. The fourth-order valence-corrected chi connectivity index (χ4v) is 4.06. The molecule has 2 heterocycles. The first kappa shape index (κ1) is 18.2. The number of carbonyl (C=O) groups is 1. The number of aryl methyl sites for hydroxylation is 3. The van der Waals surface area contributed by atoms with Crippen molar-refractivity contribution in [2.75, 3.05) is 12.4 Å². The van der Waals surface area contributed by atoms with Crippen LogP contribution in [-0.4, -0.2) is 27.8 Å². The number of nitrogens with zero attached hydrogens (tertiary/aromatic N) is 3. The second-order valence-electron chi connectivity index (χ2n) is 6.69. The SMILES string of the molecule is COc1ccc2nc(-n3nc(C)cc3NC(=O)c3ccc(C)cc3C)sc2c1. The van der Waals surface area contributed by atoms with E-state index in [0.717, 1.165) is 32.8 Å². The van der Waals surface area contributed by atoms with Gasteiger partial charge in [0.2, 0.25) is 5.13 Å². The number of thiazole rings is 1. The van der Waals surface area contributed by atoms with E-state index in [4.69, 9.17) is 4.74 Å². The standard InChI is InChI=1S/C21H20N4O2S/c1-12-5-7-16(13(2)9-12)20(26)23-19-10-14(3)24-25(19)21-22-17-8-6-15(27-4)11-18(17)28-21/h5-11H,1-4H3,(H,23,26). The average Bonchev–Trinajstić information content (AvgIpc) is 3.23. The molecule has 0 aliphatic rings. The number of hydrogen-bond donors (Lipinski definition) is 1. The molecule has 0 fully saturated rings. The molecule has 2 aromatic carbocycles. The Morgan fingerprint density at radius 3 is 2.68 bits per heavy atom. The summed E-state index contributed by atoms with van der Waals surface area (Å²) in [6, 6.07) is 13.4. The Hall–Kier alpha value is -3.19. The largest absolute Gasteiger partial charge is 0.497 e. The zero-order valence-electron chi connectivity index (χ0n) is 16.1. The van der Waals surface area contributed by atoms with Crippen LogP contribution in [0.3, 0.4) is 0 Å². The van der Waals surface area contributed by atoms with E-state index in [1.54, 1.807) is 11.8 Å². The zero-order valence-corrected chi connectivity index (χ0v) is 16.9. The van der Waals surface area contributed by atoms with Crippen molar-refractivity contribution in [2.45, 2.75) is 20.8 Å². The van der Waals surface area contributed by atoms with Gasteiger partial charge in [0.25, 0.3) is 5.91 Å². The molecule has 142 valence electrons. The zero-order chi connectivity index (χ0) is 19.8. The Morgan fingerprint density at radius 2 is 1.93 bits per heavy atom. The quantitative estimate of drug-likeness (QED) is 0.548. The predicted octanol–water partition coefficient (Wildman–Crippen LogP) is 4.67. The lowest BCUT2D eigenvalue weighted by Crippen LogP contribution is -2.16. The van der Waals surface area contributed by atoms with E-state index in [1.807, 2.05) is 63.2 Å². The minimum absolute atomic E-state index is 0.165. The molecular weight excluding hydrogens is 372 g/mol. The van der Waals surface area contributed by atoms with Crippen LogP contribution in [0.25, 0.3) is 15.3 Å². The van der Waals surface area contributed by atoms with E-state index in [1.165, 1.54) is 11.3 Å².